The Bertz CT molecular complexity index is 1060. The normalized spacial score (nSPS) is 12.3. The van der Waals surface area contributed by atoms with E-state index in [0.29, 0.717) is 19.5 Å². The number of carbonyl (C=O) groups is 3. The molecule has 14 nitrogen and oxygen atoms in total. The Morgan fingerprint density at radius 3 is 2.46 bits per heavy atom. The number of nitro groups is 1. The highest BCUT2D eigenvalue weighted by molar-refractivity contribution is 7.99. The molecular weight excluding hydrogens is 534 g/mol. The second kappa shape index (κ2) is 16.2. The molecule has 0 aliphatic rings. The summed E-state index contributed by atoms with van der Waals surface area (Å²) < 4.78 is 20.9. The van der Waals surface area contributed by atoms with Crippen LogP contribution in [0.25, 0.3) is 4.85 Å². The van der Waals surface area contributed by atoms with Crippen LogP contribution in [0, 0.1) is 16.7 Å². The van der Waals surface area contributed by atoms with Gasteiger partial charge in [0.05, 0.1) is 31.8 Å². The van der Waals surface area contributed by atoms with Crippen molar-refractivity contribution >= 4 is 35.4 Å². The van der Waals surface area contributed by atoms with Gasteiger partial charge in [-0.3, -0.25) is 19.8 Å². The van der Waals surface area contributed by atoms with Crippen molar-refractivity contribution in [3.63, 3.8) is 0 Å². The van der Waals surface area contributed by atoms with Crippen LogP contribution in [0.3, 0.4) is 0 Å². The van der Waals surface area contributed by atoms with E-state index in [4.69, 9.17) is 31.3 Å². The van der Waals surface area contributed by atoms with Crippen molar-refractivity contribution in [3.05, 3.63) is 39.2 Å². The predicted octanol–water partition coefficient (Wildman–Crippen LogP) is 2.55. The number of carbonyl (C=O) groups excluding carboxylic acids is 3. The van der Waals surface area contributed by atoms with Crippen molar-refractivity contribution in [1.82, 2.24) is 10.6 Å². The van der Waals surface area contributed by atoms with Gasteiger partial charge in [-0.2, -0.15) is 0 Å². The molecule has 2 atom stereocenters. The van der Waals surface area contributed by atoms with Crippen LogP contribution in [0.1, 0.15) is 44.6 Å². The number of benzene rings is 1. The minimum atomic E-state index is -1.18. The molecule has 1 aromatic carbocycles. The Hall–Kier alpha value is -3.77. The van der Waals surface area contributed by atoms with E-state index < -0.39 is 39.7 Å². The molecule has 2 amide bonds. The maximum Gasteiger partial charge on any atom is 0.408 e. The summed E-state index contributed by atoms with van der Waals surface area (Å²) in [5, 5.41) is 15.8. The minimum Gasteiger partial charge on any atom is -0.493 e. The summed E-state index contributed by atoms with van der Waals surface area (Å²) in [4.78, 5) is 50.8. The molecule has 216 valence electrons. The average Bonchev–Trinajstić information content (AvgIpc) is 2.87. The molecule has 0 aliphatic carbocycles. The third-order valence-corrected chi connectivity index (χ3v) is 5.96. The van der Waals surface area contributed by atoms with E-state index in [1.165, 1.54) is 13.2 Å². The number of amides is 2. The molecule has 4 N–H and O–H groups in total. The van der Waals surface area contributed by atoms with Crippen molar-refractivity contribution in [2.24, 2.45) is 5.73 Å². The molecule has 0 heterocycles. The highest BCUT2D eigenvalue weighted by Crippen LogP contribution is 2.42. The zero-order valence-electron chi connectivity index (χ0n) is 22.6. The van der Waals surface area contributed by atoms with Crippen LogP contribution >= 0.6 is 11.8 Å². The number of nitrogens with two attached hydrogens (primary N) is 1. The molecule has 0 bridgehead atoms. The van der Waals surface area contributed by atoms with E-state index >= 15 is 0 Å². The van der Waals surface area contributed by atoms with Gasteiger partial charge in [0.1, 0.15) is 17.2 Å². The first-order valence-corrected chi connectivity index (χ1v) is 12.9. The Morgan fingerprint density at radius 2 is 1.92 bits per heavy atom. The van der Waals surface area contributed by atoms with Gasteiger partial charge in [-0.05, 0) is 27.2 Å². The molecular formula is C24H35N5O9S. The molecule has 0 aromatic heterocycles. The van der Waals surface area contributed by atoms with Crippen LogP contribution in [0.4, 0.5) is 10.5 Å². The number of rotatable bonds is 15. The summed E-state index contributed by atoms with van der Waals surface area (Å²) in [6.07, 6.45) is -0.337. The van der Waals surface area contributed by atoms with Gasteiger partial charge in [-0.25, -0.2) is 16.2 Å². The number of hydrogen-bond acceptors (Lipinski definition) is 11. The van der Waals surface area contributed by atoms with E-state index in [9.17, 15) is 24.5 Å². The molecule has 39 heavy (non-hydrogen) atoms. The van der Waals surface area contributed by atoms with Gasteiger partial charge in [-0.15, -0.1) is 0 Å². The predicted molar refractivity (Wildman–Crippen MR) is 143 cm³/mol. The summed E-state index contributed by atoms with van der Waals surface area (Å²) in [5.41, 5.74) is 4.16. The van der Waals surface area contributed by atoms with E-state index in [2.05, 4.69) is 15.5 Å². The van der Waals surface area contributed by atoms with Crippen molar-refractivity contribution < 1.29 is 38.3 Å². The lowest BCUT2D eigenvalue weighted by Gasteiger charge is -2.22. The zero-order chi connectivity index (χ0) is 29.6. The summed E-state index contributed by atoms with van der Waals surface area (Å²) in [7, 11) is 2.49. The van der Waals surface area contributed by atoms with Gasteiger partial charge in [0, 0.05) is 31.3 Å². The fourth-order valence-corrected chi connectivity index (χ4v) is 4.09. The second-order valence-electron chi connectivity index (χ2n) is 8.95. The number of hydrogen-bond donors (Lipinski definition) is 3. The van der Waals surface area contributed by atoms with Crippen molar-refractivity contribution in [1.29, 1.82) is 0 Å². The van der Waals surface area contributed by atoms with Crippen molar-refractivity contribution in [3.8, 4) is 11.5 Å². The topological polar surface area (TPSA) is 186 Å². The molecule has 2 unspecified atom stereocenters. The van der Waals surface area contributed by atoms with Gasteiger partial charge in [0.25, 0.3) is 5.69 Å². The van der Waals surface area contributed by atoms with E-state index in [1.54, 1.807) is 20.8 Å². The number of alkyl carbamates (subject to hydrolysis) is 1. The SMILES string of the molecule is [C-]#[N+]C(SCC(NC(=O)OC(C)(C)C)C(=O)OC)c1cc(OC)c(OCCCC(=O)NCCN)cc1[N+](=O)[O-]. The number of ether oxygens (including phenoxy) is 4. The van der Waals surface area contributed by atoms with Gasteiger partial charge in [-0.1, -0.05) is 11.8 Å². The minimum absolute atomic E-state index is 0.0197. The average molecular weight is 570 g/mol. The van der Waals surface area contributed by atoms with E-state index in [1.807, 2.05) is 0 Å². The Morgan fingerprint density at radius 1 is 1.23 bits per heavy atom. The highest BCUT2D eigenvalue weighted by atomic mass is 32.2. The van der Waals surface area contributed by atoms with Crippen molar-refractivity contribution in [2.75, 3.05) is 39.7 Å². The molecule has 0 saturated heterocycles. The molecule has 0 aliphatic heterocycles. The molecule has 0 spiro atoms. The first-order valence-electron chi connectivity index (χ1n) is 11.9. The summed E-state index contributed by atoms with van der Waals surface area (Å²) in [6, 6.07) is 1.30. The Kier molecular flexibility index (Phi) is 13.9. The number of nitrogens with one attached hydrogen (secondary N) is 2. The number of thioether (sulfide) groups is 1. The fourth-order valence-electron chi connectivity index (χ4n) is 3.05. The number of esters is 1. The summed E-state index contributed by atoms with van der Waals surface area (Å²) >= 11 is 0.895. The maximum atomic E-state index is 12.2. The lowest BCUT2D eigenvalue weighted by atomic mass is 10.1. The third kappa shape index (κ3) is 11.7. The number of methoxy groups -OCH3 is 2. The Balaban J connectivity index is 3.07. The molecule has 1 rings (SSSR count). The van der Waals surface area contributed by atoms with Crippen LogP contribution in [-0.4, -0.2) is 74.2 Å². The summed E-state index contributed by atoms with van der Waals surface area (Å²) in [5.74, 6) is -0.884. The van der Waals surface area contributed by atoms with Crippen LogP contribution in [0.2, 0.25) is 0 Å². The lowest BCUT2D eigenvalue weighted by Crippen LogP contribution is -2.45. The fraction of sp³-hybridized carbons (Fsp3) is 0.583. The number of nitrogens with zero attached hydrogens (tertiary/aromatic N) is 2. The van der Waals surface area contributed by atoms with E-state index in [-0.39, 0.29) is 41.8 Å². The molecule has 0 saturated carbocycles. The Labute approximate surface area is 231 Å². The largest absolute Gasteiger partial charge is 0.493 e. The standard InChI is InChI=1S/C24H35N5O9S/c1-24(2,3)38-23(32)28-16(22(31)36-6)14-39-21(26-4)15-12-18(35-5)19(13-17(15)29(33)34)37-11-7-8-20(30)27-10-9-25/h12-13,16,21H,7-11,14,25H2,1-3,5-6H3,(H,27,30)(H,28,32). The first-order chi connectivity index (χ1) is 18.4. The third-order valence-electron chi connectivity index (χ3n) is 4.76. The second-order valence-corrected chi connectivity index (χ2v) is 10.1. The number of nitro benzene ring substituents is 1. The van der Waals surface area contributed by atoms with Crippen molar-refractivity contribution in [2.45, 2.75) is 50.6 Å². The first kappa shape index (κ1) is 33.3. The lowest BCUT2D eigenvalue weighted by molar-refractivity contribution is -0.385. The van der Waals surface area contributed by atoms with E-state index in [0.717, 1.165) is 24.9 Å². The zero-order valence-corrected chi connectivity index (χ0v) is 23.4. The summed E-state index contributed by atoms with van der Waals surface area (Å²) in [6.45, 7) is 13.4. The quantitative estimate of drug-likeness (QED) is 0.0926. The monoisotopic (exact) mass is 569 g/mol. The van der Waals surface area contributed by atoms with Crippen LogP contribution in [0.5, 0.6) is 11.5 Å². The molecule has 0 fully saturated rings. The molecule has 15 heteroatoms. The van der Waals surface area contributed by atoms with Crippen LogP contribution in [-0.2, 0) is 19.1 Å². The van der Waals surface area contributed by atoms with Gasteiger partial charge in [0.15, 0.2) is 11.5 Å². The molecule has 1 aromatic rings. The molecule has 0 radical (unpaired) electrons. The smallest absolute Gasteiger partial charge is 0.408 e. The maximum absolute atomic E-state index is 12.2. The van der Waals surface area contributed by atoms with Gasteiger partial charge in [0.2, 0.25) is 5.91 Å². The highest BCUT2D eigenvalue weighted by Gasteiger charge is 2.33. The van der Waals surface area contributed by atoms with Crippen LogP contribution < -0.4 is 25.8 Å². The van der Waals surface area contributed by atoms with Gasteiger partial charge >= 0.3 is 17.4 Å². The van der Waals surface area contributed by atoms with Gasteiger partial charge < -0.3 is 35.3 Å². The van der Waals surface area contributed by atoms with Crippen LogP contribution in [0.15, 0.2) is 12.1 Å².